The molecule has 1 aromatic rings. The second-order valence-electron chi connectivity index (χ2n) is 4.33. The number of ether oxygens (including phenoxy) is 1. The van der Waals surface area contributed by atoms with E-state index in [0.717, 1.165) is 23.5 Å². The first-order valence-corrected chi connectivity index (χ1v) is 6.67. The van der Waals surface area contributed by atoms with Crippen molar-refractivity contribution in [3.05, 3.63) is 34.3 Å². The van der Waals surface area contributed by atoms with Gasteiger partial charge in [0.15, 0.2) is 0 Å². The average Bonchev–Trinajstić information content (AvgIpc) is 3.10. The van der Waals surface area contributed by atoms with Crippen molar-refractivity contribution in [3.8, 4) is 0 Å². The van der Waals surface area contributed by atoms with Crippen molar-refractivity contribution < 1.29 is 4.74 Å². The monoisotopic (exact) mass is 283 g/mol. The van der Waals surface area contributed by atoms with E-state index in [2.05, 4.69) is 33.4 Å². The van der Waals surface area contributed by atoms with E-state index in [-0.39, 0.29) is 0 Å². The third kappa shape index (κ3) is 4.64. The summed E-state index contributed by atoms with van der Waals surface area (Å²) in [6.07, 6.45) is 2.82. The predicted octanol–water partition coefficient (Wildman–Crippen LogP) is 2.97. The molecule has 0 saturated heterocycles. The lowest BCUT2D eigenvalue weighted by Gasteiger charge is -2.05. The topological polar surface area (TPSA) is 21.3 Å². The quantitative estimate of drug-likeness (QED) is 0.777. The van der Waals surface area contributed by atoms with Crippen molar-refractivity contribution in [2.24, 2.45) is 5.92 Å². The molecule has 0 amide bonds. The summed E-state index contributed by atoms with van der Waals surface area (Å²) < 4.78 is 6.70. The molecule has 0 radical (unpaired) electrons. The minimum Gasteiger partial charge on any atom is -0.375 e. The Kier molecular flexibility index (Phi) is 4.82. The van der Waals surface area contributed by atoms with E-state index in [1.165, 1.54) is 24.9 Å². The Balaban J connectivity index is 1.51. The largest absolute Gasteiger partial charge is 0.375 e. The average molecular weight is 284 g/mol. The molecule has 3 heteroatoms. The van der Waals surface area contributed by atoms with E-state index in [1.54, 1.807) is 0 Å². The molecule has 0 atom stereocenters. The van der Waals surface area contributed by atoms with Crippen LogP contribution in [0.3, 0.4) is 0 Å². The number of benzene rings is 1. The van der Waals surface area contributed by atoms with Crippen LogP contribution < -0.4 is 5.32 Å². The number of rotatable bonds is 7. The molecule has 2 rings (SSSR count). The van der Waals surface area contributed by atoms with Crippen molar-refractivity contribution in [1.29, 1.82) is 0 Å². The van der Waals surface area contributed by atoms with Gasteiger partial charge in [0.25, 0.3) is 0 Å². The SMILES string of the molecule is Brc1ccc(COCCNCC2CC2)cc1. The Bertz CT molecular complexity index is 308. The highest BCUT2D eigenvalue weighted by molar-refractivity contribution is 9.10. The van der Waals surface area contributed by atoms with Crippen LogP contribution in [0.2, 0.25) is 0 Å². The minimum atomic E-state index is 0.707. The van der Waals surface area contributed by atoms with Gasteiger partial charge in [0, 0.05) is 11.0 Å². The van der Waals surface area contributed by atoms with E-state index in [9.17, 15) is 0 Å². The molecule has 0 spiro atoms. The van der Waals surface area contributed by atoms with Crippen LogP contribution in [-0.4, -0.2) is 19.7 Å². The van der Waals surface area contributed by atoms with Gasteiger partial charge in [0.1, 0.15) is 0 Å². The molecular weight excluding hydrogens is 266 g/mol. The first-order chi connectivity index (χ1) is 7.84. The lowest BCUT2D eigenvalue weighted by molar-refractivity contribution is 0.122. The van der Waals surface area contributed by atoms with Crippen LogP contribution in [0.25, 0.3) is 0 Å². The van der Waals surface area contributed by atoms with E-state index in [1.807, 2.05) is 12.1 Å². The van der Waals surface area contributed by atoms with Gasteiger partial charge in [-0.1, -0.05) is 28.1 Å². The van der Waals surface area contributed by atoms with Gasteiger partial charge in [0.2, 0.25) is 0 Å². The lowest BCUT2D eigenvalue weighted by Crippen LogP contribution is -2.21. The predicted molar refractivity (Wildman–Crippen MR) is 69.4 cm³/mol. The molecular formula is C13H18BrNO. The molecule has 1 aromatic carbocycles. The number of nitrogens with one attached hydrogen (secondary N) is 1. The summed E-state index contributed by atoms with van der Waals surface area (Å²) in [5.41, 5.74) is 1.23. The van der Waals surface area contributed by atoms with Crippen molar-refractivity contribution >= 4 is 15.9 Å². The summed E-state index contributed by atoms with van der Waals surface area (Å²) in [6, 6.07) is 8.26. The molecule has 0 heterocycles. The molecule has 0 aromatic heterocycles. The van der Waals surface area contributed by atoms with E-state index >= 15 is 0 Å². The van der Waals surface area contributed by atoms with Crippen LogP contribution in [0.15, 0.2) is 28.7 Å². The first kappa shape index (κ1) is 12.1. The molecule has 88 valence electrons. The molecule has 0 aliphatic heterocycles. The number of halogens is 1. The summed E-state index contributed by atoms with van der Waals surface area (Å²) in [7, 11) is 0. The summed E-state index contributed by atoms with van der Waals surface area (Å²) in [6.45, 7) is 3.63. The second kappa shape index (κ2) is 6.38. The number of hydrogen-bond donors (Lipinski definition) is 1. The fourth-order valence-electron chi connectivity index (χ4n) is 1.54. The first-order valence-electron chi connectivity index (χ1n) is 5.87. The Hall–Kier alpha value is -0.380. The highest BCUT2D eigenvalue weighted by Gasteiger charge is 2.19. The summed E-state index contributed by atoms with van der Waals surface area (Å²) in [5.74, 6) is 0.950. The highest BCUT2D eigenvalue weighted by Crippen LogP contribution is 2.27. The Labute approximate surface area is 106 Å². The molecule has 1 aliphatic carbocycles. The van der Waals surface area contributed by atoms with Crippen molar-refractivity contribution in [1.82, 2.24) is 5.32 Å². The van der Waals surface area contributed by atoms with Gasteiger partial charge in [-0.15, -0.1) is 0 Å². The van der Waals surface area contributed by atoms with Crippen molar-refractivity contribution in [3.63, 3.8) is 0 Å². The molecule has 1 N–H and O–H groups in total. The zero-order valence-corrected chi connectivity index (χ0v) is 11.0. The summed E-state index contributed by atoms with van der Waals surface area (Å²) in [5, 5.41) is 3.41. The van der Waals surface area contributed by atoms with Gasteiger partial charge in [-0.05, 0) is 43.0 Å². The molecule has 1 aliphatic rings. The lowest BCUT2D eigenvalue weighted by atomic mass is 10.2. The molecule has 1 saturated carbocycles. The Morgan fingerprint density at radius 2 is 2.00 bits per heavy atom. The van der Waals surface area contributed by atoms with Crippen LogP contribution in [0.4, 0.5) is 0 Å². The van der Waals surface area contributed by atoms with Gasteiger partial charge < -0.3 is 10.1 Å². The zero-order chi connectivity index (χ0) is 11.2. The van der Waals surface area contributed by atoms with Crippen LogP contribution in [0.5, 0.6) is 0 Å². The van der Waals surface area contributed by atoms with Gasteiger partial charge in [-0.3, -0.25) is 0 Å². The molecule has 2 nitrogen and oxygen atoms in total. The van der Waals surface area contributed by atoms with Crippen LogP contribution >= 0.6 is 15.9 Å². The summed E-state index contributed by atoms with van der Waals surface area (Å²) >= 11 is 3.42. The van der Waals surface area contributed by atoms with Gasteiger partial charge >= 0.3 is 0 Å². The molecule has 0 bridgehead atoms. The van der Waals surface area contributed by atoms with Crippen molar-refractivity contribution in [2.75, 3.05) is 19.7 Å². The highest BCUT2D eigenvalue weighted by atomic mass is 79.9. The normalized spacial score (nSPS) is 15.3. The van der Waals surface area contributed by atoms with Gasteiger partial charge in [-0.2, -0.15) is 0 Å². The maximum Gasteiger partial charge on any atom is 0.0717 e. The fraction of sp³-hybridized carbons (Fsp3) is 0.538. The van der Waals surface area contributed by atoms with Crippen LogP contribution in [0, 0.1) is 5.92 Å². The molecule has 1 fully saturated rings. The Morgan fingerprint density at radius 1 is 1.25 bits per heavy atom. The van der Waals surface area contributed by atoms with Crippen LogP contribution in [-0.2, 0) is 11.3 Å². The zero-order valence-electron chi connectivity index (χ0n) is 9.42. The second-order valence-corrected chi connectivity index (χ2v) is 5.24. The van der Waals surface area contributed by atoms with Gasteiger partial charge in [-0.25, -0.2) is 0 Å². The standard InChI is InChI=1S/C13H18BrNO/c14-13-5-3-12(4-6-13)10-16-8-7-15-9-11-1-2-11/h3-6,11,15H,1-2,7-10H2. The van der Waals surface area contributed by atoms with E-state index in [4.69, 9.17) is 4.74 Å². The molecule has 16 heavy (non-hydrogen) atoms. The van der Waals surface area contributed by atoms with Crippen molar-refractivity contribution in [2.45, 2.75) is 19.4 Å². The minimum absolute atomic E-state index is 0.707. The van der Waals surface area contributed by atoms with Crippen LogP contribution in [0.1, 0.15) is 18.4 Å². The third-order valence-corrected chi connectivity index (χ3v) is 3.26. The molecule has 0 unspecified atom stereocenters. The summed E-state index contributed by atoms with van der Waals surface area (Å²) in [4.78, 5) is 0. The third-order valence-electron chi connectivity index (χ3n) is 2.74. The smallest absolute Gasteiger partial charge is 0.0717 e. The van der Waals surface area contributed by atoms with E-state index < -0.39 is 0 Å². The Morgan fingerprint density at radius 3 is 2.69 bits per heavy atom. The number of hydrogen-bond acceptors (Lipinski definition) is 2. The van der Waals surface area contributed by atoms with E-state index in [0.29, 0.717) is 6.61 Å². The maximum absolute atomic E-state index is 5.58. The maximum atomic E-state index is 5.58. The fourth-order valence-corrected chi connectivity index (χ4v) is 1.81. The van der Waals surface area contributed by atoms with Gasteiger partial charge in [0.05, 0.1) is 13.2 Å².